The number of carbonyl (C=O) groups is 1. The molecule has 6 heteroatoms. The maximum atomic E-state index is 12.4. The number of hydrogen-bond acceptors (Lipinski definition) is 4. The zero-order valence-electron chi connectivity index (χ0n) is 14.2. The van der Waals surface area contributed by atoms with Crippen molar-refractivity contribution in [3.63, 3.8) is 0 Å². The molecule has 0 aliphatic carbocycles. The van der Waals surface area contributed by atoms with Crippen LogP contribution in [0, 0.1) is 0 Å². The first-order chi connectivity index (χ1) is 12.7. The lowest BCUT2D eigenvalue weighted by molar-refractivity contribution is 0.102. The molecular weight excluding hydrogens is 350 g/mol. The maximum Gasteiger partial charge on any atom is 0.257 e. The minimum atomic E-state index is -0.250. The van der Waals surface area contributed by atoms with Gasteiger partial charge in [-0.1, -0.05) is 41.9 Å². The fourth-order valence-corrected chi connectivity index (χ4v) is 2.61. The van der Waals surface area contributed by atoms with Crippen molar-refractivity contribution < 1.29 is 9.53 Å². The molecule has 2 N–H and O–H groups in total. The van der Waals surface area contributed by atoms with Crippen molar-refractivity contribution in [2.45, 2.75) is 6.54 Å². The molecule has 0 aliphatic heterocycles. The highest BCUT2D eigenvalue weighted by atomic mass is 35.5. The zero-order chi connectivity index (χ0) is 18.4. The number of methoxy groups -OCH3 is 1. The molecule has 26 heavy (non-hydrogen) atoms. The molecule has 0 atom stereocenters. The lowest BCUT2D eigenvalue weighted by atomic mass is 10.2. The highest BCUT2D eigenvalue weighted by Crippen LogP contribution is 2.23. The molecule has 132 valence electrons. The molecule has 0 saturated heterocycles. The largest absolute Gasteiger partial charge is 0.495 e. The third-order valence-electron chi connectivity index (χ3n) is 3.80. The summed E-state index contributed by atoms with van der Waals surface area (Å²) in [5.74, 6) is 1.02. The van der Waals surface area contributed by atoms with Crippen LogP contribution in [0.1, 0.15) is 15.9 Å². The van der Waals surface area contributed by atoms with E-state index in [0.29, 0.717) is 34.4 Å². The maximum absolute atomic E-state index is 12.4. The molecule has 0 aliphatic rings. The molecule has 2 aromatic carbocycles. The van der Waals surface area contributed by atoms with E-state index in [1.165, 1.54) is 6.20 Å². The molecular formula is C20H18ClN3O2. The Hall–Kier alpha value is -3.05. The van der Waals surface area contributed by atoms with Crippen LogP contribution in [0.25, 0.3) is 0 Å². The van der Waals surface area contributed by atoms with E-state index >= 15 is 0 Å². The Kier molecular flexibility index (Phi) is 5.71. The second-order valence-electron chi connectivity index (χ2n) is 5.53. The van der Waals surface area contributed by atoms with Crippen LogP contribution >= 0.6 is 11.6 Å². The third kappa shape index (κ3) is 4.32. The van der Waals surface area contributed by atoms with Crippen molar-refractivity contribution in [3.05, 3.63) is 83.0 Å². The van der Waals surface area contributed by atoms with Gasteiger partial charge in [0.15, 0.2) is 0 Å². The lowest BCUT2D eigenvalue weighted by Crippen LogP contribution is -2.13. The van der Waals surface area contributed by atoms with E-state index in [1.807, 2.05) is 36.4 Å². The first-order valence-corrected chi connectivity index (χ1v) is 8.43. The van der Waals surface area contributed by atoms with E-state index in [2.05, 4.69) is 15.6 Å². The van der Waals surface area contributed by atoms with Crippen molar-refractivity contribution >= 4 is 29.0 Å². The van der Waals surface area contributed by atoms with Gasteiger partial charge in [-0.05, 0) is 35.9 Å². The first-order valence-electron chi connectivity index (χ1n) is 8.05. The quantitative estimate of drug-likeness (QED) is 0.668. The van der Waals surface area contributed by atoms with Gasteiger partial charge < -0.3 is 15.4 Å². The Balaban J connectivity index is 1.63. The Morgan fingerprint density at radius 1 is 1.08 bits per heavy atom. The molecule has 3 aromatic rings. The number of halogens is 1. The van der Waals surface area contributed by atoms with E-state index in [-0.39, 0.29) is 5.91 Å². The Bertz CT molecular complexity index is 898. The summed E-state index contributed by atoms with van der Waals surface area (Å²) >= 11 is 6.14. The highest BCUT2D eigenvalue weighted by molar-refractivity contribution is 6.31. The fourth-order valence-electron chi connectivity index (χ4n) is 2.40. The average molecular weight is 368 g/mol. The molecule has 1 aromatic heterocycles. The van der Waals surface area contributed by atoms with Gasteiger partial charge in [0, 0.05) is 17.8 Å². The number of nitrogens with zero attached hydrogens (tertiary/aromatic N) is 1. The third-order valence-corrected chi connectivity index (χ3v) is 4.17. The summed E-state index contributed by atoms with van der Waals surface area (Å²) in [5, 5.41) is 6.71. The molecule has 1 heterocycles. The molecule has 3 rings (SSSR count). The smallest absolute Gasteiger partial charge is 0.257 e. The van der Waals surface area contributed by atoms with Gasteiger partial charge in [0.1, 0.15) is 11.6 Å². The van der Waals surface area contributed by atoms with E-state index in [0.717, 1.165) is 5.56 Å². The summed E-state index contributed by atoms with van der Waals surface area (Å²) in [7, 11) is 1.56. The lowest BCUT2D eigenvalue weighted by Gasteiger charge is -2.10. The van der Waals surface area contributed by atoms with Crippen molar-refractivity contribution in [3.8, 4) is 5.75 Å². The summed E-state index contributed by atoms with van der Waals surface area (Å²) in [6.45, 7) is 0.555. The van der Waals surface area contributed by atoms with Crippen LogP contribution in [0.5, 0.6) is 5.75 Å². The second kappa shape index (κ2) is 8.36. The fraction of sp³-hybridized carbons (Fsp3) is 0.100. The number of para-hydroxylation sites is 2. The number of hydrogen-bond donors (Lipinski definition) is 2. The SMILES string of the molecule is COc1ccccc1NC(=O)c1ccc(NCc2ccccc2Cl)nc1. The van der Waals surface area contributed by atoms with Gasteiger partial charge in [0.25, 0.3) is 5.91 Å². The number of rotatable bonds is 6. The standard InChI is InChI=1S/C20H18ClN3O2/c1-26-18-9-5-4-8-17(18)24-20(25)15-10-11-19(23-13-15)22-12-14-6-2-3-7-16(14)21/h2-11,13H,12H2,1H3,(H,22,23)(H,24,25). The van der Waals surface area contributed by atoms with E-state index in [4.69, 9.17) is 16.3 Å². The molecule has 0 fully saturated rings. The highest BCUT2D eigenvalue weighted by Gasteiger charge is 2.10. The minimum Gasteiger partial charge on any atom is -0.495 e. The predicted octanol–water partition coefficient (Wildman–Crippen LogP) is 4.61. The summed E-state index contributed by atoms with van der Waals surface area (Å²) in [5.41, 5.74) is 2.05. The Morgan fingerprint density at radius 2 is 1.85 bits per heavy atom. The van der Waals surface area contributed by atoms with E-state index < -0.39 is 0 Å². The number of pyridine rings is 1. The monoisotopic (exact) mass is 367 g/mol. The summed E-state index contributed by atoms with van der Waals surface area (Å²) < 4.78 is 5.23. The van der Waals surface area contributed by atoms with Crippen LogP contribution in [-0.4, -0.2) is 18.0 Å². The topological polar surface area (TPSA) is 63.2 Å². The molecule has 0 spiro atoms. The van der Waals surface area contributed by atoms with Crippen molar-refractivity contribution in [2.24, 2.45) is 0 Å². The number of benzene rings is 2. The minimum absolute atomic E-state index is 0.250. The van der Waals surface area contributed by atoms with Crippen LogP contribution < -0.4 is 15.4 Å². The van der Waals surface area contributed by atoms with Gasteiger partial charge in [-0.25, -0.2) is 4.98 Å². The van der Waals surface area contributed by atoms with Crippen LogP contribution in [0.2, 0.25) is 5.02 Å². The summed E-state index contributed by atoms with van der Waals surface area (Å²) in [4.78, 5) is 16.7. The van der Waals surface area contributed by atoms with Crippen LogP contribution in [0.15, 0.2) is 66.9 Å². The van der Waals surface area contributed by atoms with Gasteiger partial charge in [0.2, 0.25) is 0 Å². The predicted molar refractivity (Wildman–Crippen MR) is 104 cm³/mol. The number of ether oxygens (including phenoxy) is 1. The van der Waals surface area contributed by atoms with Gasteiger partial charge in [-0.3, -0.25) is 4.79 Å². The number of amides is 1. The molecule has 0 unspecified atom stereocenters. The van der Waals surface area contributed by atoms with Crippen LogP contribution in [0.3, 0.4) is 0 Å². The summed E-state index contributed by atoms with van der Waals surface area (Å²) in [6.07, 6.45) is 1.53. The zero-order valence-corrected chi connectivity index (χ0v) is 15.0. The van der Waals surface area contributed by atoms with Crippen molar-refractivity contribution in [1.29, 1.82) is 0 Å². The number of carbonyl (C=O) groups excluding carboxylic acids is 1. The number of anilines is 2. The van der Waals surface area contributed by atoms with Gasteiger partial charge in [0.05, 0.1) is 18.4 Å². The van der Waals surface area contributed by atoms with Gasteiger partial charge in [-0.2, -0.15) is 0 Å². The van der Waals surface area contributed by atoms with Gasteiger partial charge >= 0.3 is 0 Å². The molecule has 5 nitrogen and oxygen atoms in total. The first kappa shape index (κ1) is 17.8. The van der Waals surface area contributed by atoms with Crippen molar-refractivity contribution in [2.75, 3.05) is 17.7 Å². The second-order valence-corrected chi connectivity index (χ2v) is 5.94. The molecule has 1 amide bonds. The number of nitrogens with one attached hydrogen (secondary N) is 2. The molecule has 0 saturated carbocycles. The van der Waals surface area contributed by atoms with Crippen molar-refractivity contribution in [1.82, 2.24) is 4.98 Å². The van der Waals surface area contributed by atoms with E-state index in [1.54, 1.807) is 31.4 Å². The Morgan fingerprint density at radius 3 is 2.58 bits per heavy atom. The van der Waals surface area contributed by atoms with Gasteiger partial charge in [-0.15, -0.1) is 0 Å². The van der Waals surface area contributed by atoms with E-state index in [9.17, 15) is 4.79 Å². The normalized spacial score (nSPS) is 10.2. The number of aromatic nitrogens is 1. The molecule has 0 bridgehead atoms. The molecule has 0 radical (unpaired) electrons. The Labute approximate surface area is 157 Å². The summed E-state index contributed by atoms with van der Waals surface area (Å²) in [6, 6.07) is 18.3. The van der Waals surface area contributed by atoms with Crippen LogP contribution in [0.4, 0.5) is 11.5 Å². The average Bonchev–Trinajstić information content (AvgIpc) is 2.68. The van der Waals surface area contributed by atoms with Crippen LogP contribution in [-0.2, 0) is 6.54 Å².